The summed E-state index contributed by atoms with van der Waals surface area (Å²) < 4.78 is 91.4. The molecule has 3 N–H and O–H groups in total. The molecule has 1 fully saturated rings. The second-order valence-corrected chi connectivity index (χ2v) is 16.7. The van der Waals surface area contributed by atoms with Gasteiger partial charge in [-0.05, 0) is 82.2 Å². The van der Waals surface area contributed by atoms with Gasteiger partial charge in [-0.1, -0.05) is 6.42 Å². The van der Waals surface area contributed by atoms with E-state index in [2.05, 4.69) is 0 Å². The molecule has 0 aromatic heterocycles. The van der Waals surface area contributed by atoms with Crippen molar-refractivity contribution >= 4 is 149 Å². The Bertz CT molecular complexity index is 775. The van der Waals surface area contributed by atoms with Crippen LogP contribution in [0.3, 0.4) is 0 Å². The van der Waals surface area contributed by atoms with Gasteiger partial charge in [0, 0.05) is 17.3 Å². The van der Waals surface area contributed by atoms with E-state index in [0.29, 0.717) is 51.6 Å². The van der Waals surface area contributed by atoms with Gasteiger partial charge in [-0.15, -0.1) is 0 Å². The van der Waals surface area contributed by atoms with Crippen LogP contribution in [-0.2, 0) is 27.5 Å². The summed E-state index contributed by atoms with van der Waals surface area (Å²) in [6.07, 6.45) is 4.02. The van der Waals surface area contributed by atoms with Crippen molar-refractivity contribution in [2.75, 3.05) is 17.3 Å². The molecule has 30 heavy (non-hydrogen) atoms. The van der Waals surface area contributed by atoms with Gasteiger partial charge in [-0.25, -0.2) is 0 Å². The predicted octanol–water partition coefficient (Wildman–Crippen LogP) is 0.852. The molecule has 18 heteroatoms. The quantitative estimate of drug-likeness (QED) is 0.171. The Morgan fingerprint density at radius 2 is 0.967 bits per heavy atom. The van der Waals surface area contributed by atoms with E-state index < -0.39 is 27.5 Å². The molecule has 0 aromatic rings. The van der Waals surface area contributed by atoms with Gasteiger partial charge < -0.3 is 0 Å². The maximum absolute atomic E-state index is 10.9. The molecule has 0 aromatic carbocycles. The molecule has 1 aliphatic rings. The summed E-state index contributed by atoms with van der Waals surface area (Å²) in [6, 6.07) is 0. The van der Waals surface area contributed by atoms with Crippen LogP contribution in [0.4, 0.5) is 0 Å². The normalized spacial score (nSPS) is 22.3. The fourth-order valence-corrected chi connectivity index (χ4v) is 7.97. The van der Waals surface area contributed by atoms with Gasteiger partial charge in [0.05, 0.1) is 0 Å². The average Bonchev–Trinajstić information content (AvgIpc) is 2.45. The molecule has 0 saturated heterocycles. The van der Waals surface area contributed by atoms with E-state index in [9.17, 15) is 25.3 Å². The fraction of sp³-hybridized carbons (Fsp3) is 1.00. The van der Waals surface area contributed by atoms with E-state index in [1.807, 2.05) is 0 Å². The Morgan fingerprint density at radius 3 is 1.37 bits per heavy atom. The Morgan fingerprint density at radius 1 is 0.600 bits per heavy atom. The molecule has 0 aliphatic heterocycles. The Kier molecular flexibility index (Phi) is 23.1. The van der Waals surface area contributed by atoms with Crippen molar-refractivity contribution < 1.29 is 38.9 Å². The standard InChI is InChI=1S/C12H24O9S6.3Na.3H/c13-25(14,15)22-6-3-10-1-2-11(4-7-23-26(16,17)18)12(9-10)5-8-24-27(19,20)21;;;;;;/h10-12H,1-9H2,(H,13,14,15)(H,16,17,18)(H,19,20,21);;;;;;. The molecular weight excluding hydrogens is 549 g/mol. The molecule has 1 saturated carbocycles. The first-order valence-electron chi connectivity index (χ1n) is 8.10. The average molecular weight is 577 g/mol. The minimum atomic E-state index is -4.12. The molecule has 3 unspecified atom stereocenters. The minimum absolute atomic E-state index is 0. The molecule has 9 nitrogen and oxygen atoms in total. The SMILES string of the molecule is O=S(=O)(O)SCCC1CCC(CCSS(=O)(=O)O)C(CCSS(=O)(=O)O)C1.[NaH].[NaH].[NaH]. The van der Waals surface area contributed by atoms with Crippen LogP contribution in [0.5, 0.6) is 0 Å². The van der Waals surface area contributed by atoms with E-state index >= 15 is 0 Å². The third-order valence-electron chi connectivity index (χ3n) is 4.45. The summed E-state index contributed by atoms with van der Waals surface area (Å²) in [5.74, 6) is 1.19. The molecule has 3 atom stereocenters. The van der Waals surface area contributed by atoms with Crippen molar-refractivity contribution in [3.8, 4) is 0 Å². The number of hydrogen-bond donors (Lipinski definition) is 3. The third-order valence-corrected chi connectivity index (χ3v) is 10.7. The van der Waals surface area contributed by atoms with Crippen LogP contribution in [0.25, 0.3) is 0 Å². The van der Waals surface area contributed by atoms with Crippen LogP contribution >= 0.6 is 32.4 Å². The van der Waals surface area contributed by atoms with Crippen LogP contribution in [-0.4, -0.2) is 145 Å². The van der Waals surface area contributed by atoms with Crippen molar-refractivity contribution in [3.63, 3.8) is 0 Å². The van der Waals surface area contributed by atoms with Gasteiger partial charge in [-0.3, -0.25) is 13.7 Å². The van der Waals surface area contributed by atoms with E-state index in [-0.39, 0.29) is 124 Å². The first kappa shape index (κ1) is 38.3. The Hall–Kier alpha value is 3.78. The van der Waals surface area contributed by atoms with Crippen LogP contribution in [0.15, 0.2) is 0 Å². The summed E-state index contributed by atoms with van der Waals surface area (Å²) in [5, 5.41) is 0. The second kappa shape index (κ2) is 18.1. The van der Waals surface area contributed by atoms with E-state index in [0.717, 1.165) is 19.3 Å². The summed E-state index contributed by atoms with van der Waals surface area (Å²) in [4.78, 5) is 0. The molecule has 168 valence electrons. The predicted molar refractivity (Wildman–Crippen MR) is 132 cm³/mol. The number of hydrogen-bond acceptors (Lipinski definition) is 9. The van der Waals surface area contributed by atoms with E-state index in [1.165, 1.54) is 0 Å². The zero-order valence-electron chi connectivity index (χ0n) is 14.3. The van der Waals surface area contributed by atoms with Crippen LogP contribution in [0, 0.1) is 17.8 Å². The molecule has 0 spiro atoms. The summed E-state index contributed by atoms with van der Waals surface area (Å²) in [5.41, 5.74) is 0. The molecule has 1 aliphatic carbocycles. The van der Waals surface area contributed by atoms with Gasteiger partial charge in [0.2, 0.25) is 0 Å². The van der Waals surface area contributed by atoms with Gasteiger partial charge in [-0.2, -0.15) is 25.3 Å². The summed E-state index contributed by atoms with van der Waals surface area (Å²) in [7, 11) is -10.9. The molecular formula is C12H27Na3O9S6. The number of rotatable bonds is 12. The third kappa shape index (κ3) is 21.1. The zero-order chi connectivity index (χ0) is 20.7. The van der Waals surface area contributed by atoms with Crippen molar-refractivity contribution in [2.45, 2.75) is 38.5 Å². The second-order valence-electron chi connectivity index (χ2n) is 6.31. The van der Waals surface area contributed by atoms with Crippen LogP contribution in [0.2, 0.25) is 0 Å². The van der Waals surface area contributed by atoms with Crippen molar-refractivity contribution in [1.29, 1.82) is 0 Å². The molecule has 0 amide bonds. The van der Waals surface area contributed by atoms with E-state index in [4.69, 9.17) is 13.7 Å². The fourth-order valence-electron chi connectivity index (χ4n) is 3.35. The summed E-state index contributed by atoms with van der Waals surface area (Å²) >= 11 is 0. The Balaban J connectivity index is -0.00000243. The molecule has 0 heterocycles. The maximum atomic E-state index is 10.9. The van der Waals surface area contributed by atoms with Gasteiger partial charge in [0.25, 0.3) is 0 Å². The van der Waals surface area contributed by atoms with Crippen molar-refractivity contribution in [2.24, 2.45) is 17.8 Å². The van der Waals surface area contributed by atoms with Gasteiger partial charge in [0.15, 0.2) is 0 Å². The monoisotopic (exact) mass is 576 g/mol. The van der Waals surface area contributed by atoms with Crippen molar-refractivity contribution in [1.82, 2.24) is 0 Å². The van der Waals surface area contributed by atoms with Crippen LogP contribution < -0.4 is 0 Å². The topological polar surface area (TPSA) is 163 Å². The van der Waals surface area contributed by atoms with Crippen LogP contribution in [0.1, 0.15) is 38.5 Å². The Labute approximate surface area is 256 Å². The first-order chi connectivity index (χ1) is 12.3. The van der Waals surface area contributed by atoms with Gasteiger partial charge in [0.1, 0.15) is 0 Å². The zero-order valence-corrected chi connectivity index (χ0v) is 19.2. The van der Waals surface area contributed by atoms with Gasteiger partial charge >= 0.3 is 116 Å². The molecule has 0 radical (unpaired) electrons. The summed E-state index contributed by atoms with van der Waals surface area (Å²) in [6.45, 7) is 0. The van der Waals surface area contributed by atoms with Crippen molar-refractivity contribution in [3.05, 3.63) is 0 Å². The first-order valence-corrected chi connectivity index (χ1v) is 16.9. The van der Waals surface area contributed by atoms with E-state index in [1.54, 1.807) is 0 Å². The molecule has 1 rings (SSSR count). The molecule has 0 bridgehead atoms.